The summed E-state index contributed by atoms with van der Waals surface area (Å²) in [6, 6.07) is 17.9. The van der Waals surface area contributed by atoms with Crippen LogP contribution in [0.5, 0.6) is 0 Å². The summed E-state index contributed by atoms with van der Waals surface area (Å²) in [5.74, 6) is -0.548. The Balaban J connectivity index is 0.00000342. The van der Waals surface area contributed by atoms with E-state index >= 15 is 0 Å². The van der Waals surface area contributed by atoms with Gasteiger partial charge in [-0.25, -0.2) is 9.59 Å². The molecule has 0 radical (unpaired) electrons. The van der Waals surface area contributed by atoms with Crippen LogP contribution in [-0.2, 0) is 0 Å². The zero-order chi connectivity index (χ0) is 24.1. The van der Waals surface area contributed by atoms with Gasteiger partial charge in [-0.15, -0.1) is 0 Å². The van der Waals surface area contributed by atoms with Crippen LogP contribution in [0.1, 0.15) is 20.7 Å². The van der Waals surface area contributed by atoms with E-state index in [0.717, 1.165) is 5.82 Å². The van der Waals surface area contributed by atoms with Crippen molar-refractivity contribution in [3.63, 3.8) is 0 Å². The molecule has 4 aromatic rings. The largest absolute Gasteiger partial charge is 1.00 e. The molecule has 12 heteroatoms. The van der Waals surface area contributed by atoms with Crippen molar-refractivity contribution in [2.45, 2.75) is 0 Å². The summed E-state index contributed by atoms with van der Waals surface area (Å²) in [7, 11) is 1.78. The summed E-state index contributed by atoms with van der Waals surface area (Å²) >= 11 is 0. The van der Waals surface area contributed by atoms with Crippen LogP contribution in [0.25, 0.3) is 5.95 Å². The Morgan fingerprint density at radius 3 is 1.66 bits per heavy atom. The van der Waals surface area contributed by atoms with Gasteiger partial charge in [-0.2, -0.15) is 9.55 Å². The quantitative estimate of drug-likeness (QED) is 0.213. The average Bonchev–Trinajstić information content (AvgIpc) is 2.84. The normalized spacial score (nSPS) is 10.1. The minimum Gasteiger partial charge on any atom is -1.00 e. The number of nitrogens with one attached hydrogen (secondary N) is 3. The number of hydrogen-bond acceptors (Lipinski definition) is 8. The van der Waals surface area contributed by atoms with Gasteiger partial charge < -0.3 is 38.6 Å². The molecule has 0 atom stereocenters. The van der Waals surface area contributed by atoms with E-state index in [0.29, 0.717) is 17.3 Å². The SMILES string of the molecule is CNc1cccc[n+]1-c1nc(Nc2ccc(C(=O)O)cc2)nc(Nc2ccc(C(=O)O)cc2)n1.[Cl-]. The highest BCUT2D eigenvalue weighted by molar-refractivity contribution is 5.88. The Morgan fingerprint density at radius 1 is 0.743 bits per heavy atom. The van der Waals surface area contributed by atoms with Crippen molar-refractivity contribution in [1.29, 1.82) is 0 Å². The van der Waals surface area contributed by atoms with Crippen molar-refractivity contribution in [1.82, 2.24) is 15.0 Å². The summed E-state index contributed by atoms with van der Waals surface area (Å²) in [6.45, 7) is 0. The summed E-state index contributed by atoms with van der Waals surface area (Å²) in [6.07, 6.45) is 1.79. The van der Waals surface area contributed by atoms with Crippen LogP contribution in [0, 0.1) is 0 Å². The van der Waals surface area contributed by atoms with Gasteiger partial charge in [-0.3, -0.25) is 0 Å². The first kappa shape index (κ1) is 24.9. The van der Waals surface area contributed by atoms with Gasteiger partial charge in [-0.1, -0.05) is 16.0 Å². The number of carbonyl (C=O) groups is 2. The Morgan fingerprint density at radius 2 is 1.23 bits per heavy atom. The van der Waals surface area contributed by atoms with E-state index in [-0.39, 0.29) is 35.4 Å². The highest BCUT2D eigenvalue weighted by atomic mass is 35.5. The Labute approximate surface area is 206 Å². The number of aromatic carboxylic acids is 2. The van der Waals surface area contributed by atoms with Crippen molar-refractivity contribution < 1.29 is 36.8 Å². The molecule has 4 rings (SSSR count). The van der Waals surface area contributed by atoms with E-state index in [1.165, 1.54) is 24.3 Å². The number of carboxylic acids is 2. The number of carboxylic acid groups (broad SMARTS) is 2. The molecule has 35 heavy (non-hydrogen) atoms. The average molecular weight is 494 g/mol. The van der Waals surface area contributed by atoms with E-state index in [9.17, 15) is 9.59 Å². The number of pyridine rings is 1. The zero-order valence-electron chi connectivity index (χ0n) is 18.3. The van der Waals surface area contributed by atoms with Gasteiger partial charge in [-0.05, 0) is 54.6 Å². The lowest BCUT2D eigenvalue weighted by Crippen LogP contribution is -3.00. The number of hydrogen-bond donors (Lipinski definition) is 5. The highest BCUT2D eigenvalue weighted by Crippen LogP contribution is 2.19. The molecule has 0 spiro atoms. The van der Waals surface area contributed by atoms with Crippen LogP contribution < -0.4 is 32.9 Å². The van der Waals surface area contributed by atoms with Crippen molar-refractivity contribution in [3.05, 3.63) is 84.1 Å². The lowest BCUT2D eigenvalue weighted by Gasteiger charge is -2.09. The number of benzene rings is 2. The first-order chi connectivity index (χ1) is 16.4. The molecule has 0 unspecified atom stereocenters. The minimum atomic E-state index is -1.02. The number of nitrogens with zero attached hydrogens (tertiary/aromatic N) is 4. The van der Waals surface area contributed by atoms with Gasteiger partial charge in [0.15, 0.2) is 5.82 Å². The molecule has 5 N–H and O–H groups in total. The molecule has 2 heterocycles. The second-order valence-electron chi connectivity index (χ2n) is 7.00. The lowest BCUT2D eigenvalue weighted by atomic mass is 10.2. The molecule has 0 saturated heterocycles. The Bertz CT molecular complexity index is 1270. The topological polar surface area (TPSA) is 153 Å². The van der Waals surface area contributed by atoms with Crippen LogP contribution in [-0.4, -0.2) is 44.2 Å². The molecule has 0 amide bonds. The molecule has 0 saturated carbocycles. The van der Waals surface area contributed by atoms with Crippen LogP contribution in [0.3, 0.4) is 0 Å². The van der Waals surface area contributed by atoms with E-state index in [1.54, 1.807) is 42.1 Å². The molecule has 0 fully saturated rings. The van der Waals surface area contributed by atoms with Crippen molar-refractivity contribution >= 4 is 41.0 Å². The summed E-state index contributed by atoms with van der Waals surface area (Å²) in [5, 5.41) is 27.4. The molecular weight excluding hydrogens is 474 g/mol. The second-order valence-corrected chi connectivity index (χ2v) is 7.00. The van der Waals surface area contributed by atoms with Crippen molar-refractivity contribution in [2.24, 2.45) is 0 Å². The molecule has 0 aliphatic heterocycles. The second kappa shape index (κ2) is 10.9. The van der Waals surface area contributed by atoms with E-state index in [4.69, 9.17) is 10.2 Å². The number of halogens is 1. The van der Waals surface area contributed by atoms with Gasteiger partial charge >= 0.3 is 17.9 Å². The van der Waals surface area contributed by atoms with Crippen molar-refractivity contribution in [2.75, 3.05) is 23.0 Å². The Hall–Kier alpha value is -4.77. The van der Waals surface area contributed by atoms with E-state index in [1.807, 2.05) is 18.2 Å². The van der Waals surface area contributed by atoms with Crippen LogP contribution in [0.4, 0.5) is 29.1 Å². The monoisotopic (exact) mass is 493 g/mol. The molecule has 0 bridgehead atoms. The number of anilines is 5. The molecule has 11 nitrogen and oxygen atoms in total. The first-order valence-corrected chi connectivity index (χ1v) is 10.1. The molecule has 0 aliphatic rings. The van der Waals surface area contributed by atoms with Crippen LogP contribution in [0.2, 0.25) is 0 Å². The zero-order valence-corrected chi connectivity index (χ0v) is 19.1. The predicted molar refractivity (Wildman–Crippen MR) is 124 cm³/mol. The van der Waals surface area contributed by atoms with Gasteiger partial charge in [0.1, 0.15) is 0 Å². The van der Waals surface area contributed by atoms with Gasteiger partial charge in [0.25, 0.3) is 11.9 Å². The van der Waals surface area contributed by atoms with Gasteiger partial charge in [0.2, 0.25) is 0 Å². The maximum absolute atomic E-state index is 11.1. The van der Waals surface area contributed by atoms with Gasteiger partial charge in [0, 0.05) is 24.5 Å². The maximum Gasteiger partial charge on any atom is 0.396 e. The van der Waals surface area contributed by atoms with Gasteiger partial charge in [0.05, 0.1) is 17.3 Å². The highest BCUT2D eigenvalue weighted by Gasteiger charge is 2.18. The van der Waals surface area contributed by atoms with Crippen LogP contribution in [0.15, 0.2) is 72.9 Å². The summed E-state index contributed by atoms with van der Waals surface area (Å²) in [4.78, 5) is 35.6. The fourth-order valence-electron chi connectivity index (χ4n) is 3.06. The molecule has 0 aliphatic carbocycles. The number of aromatic nitrogens is 4. The fraction of sp³-hybridized carbons (Fsp3) is 0.0435. The fourth-order valence-corrected chi connectivity index (χ4v) is 3.06. The third-order valence-electron chi connectivity index (χ3n) is 4.73. The first-order valence-electron chi connectivity index (χ1n) is 10.1. The molecular formula is C23H20ClN7O4. The summed E-state index contributed by atoms with van der Waals surface area (Å²) in [5.41, 5.74) is 1.50. The predicted octanol–water partition coefficient (Wildman–Crippen LogP) is 0.0776. The number of rotatable bonds is 8. The standard InChI is InChI=1S/C23H19N7O4.ClH/c1-24-18-4-2-3-13-30(18)23-28-21(25-16-9-5-14(6-10-16)19(31)32)27-22(29-23)26-17-11-7-15(8-12-17)20(33)34;/h2-13H,1H3,(H4,25,26,27,28,29,31,32,33,34);1H. The van der Waals surface area contributed by atoms with E-state index < -0.39 is 11.9 Å². The summed E-state index contributed by atoms with van der Waals surface area (Å²) < 4.78 is 1.74. The molecule has 2 aromatic carbocycles. The maximum atomic E-state index is 11.1. The lowest BCUT2D eigenvalue weighted by molar-refractivity contribution is -0.588. The van der Waals surface area contributed by atoms with Crippen molar-refractivity contribution in [3.8, 4) is 5.95 Å². The smallest absolute Gasteiger partial charge is 0.396 e. The molecule has 2 aromatic heterocycles. The molecule has 178 valence electrons. The third kappa shape index (κ3) is 5.97. The van der Waals surface area contributed by atoms with E-state index in [2.05, 4.69) is 30.9 Å². The third-order valence-corrected chi connectivity index (χ3v) is 4.73. The van der Waals surface area contributed by atoms with Crippen LogP contribution >= 0.6 is 0 Å². The Kier molecular flexibility index (Phi) is 7.74. The minimum absolute atomic E-state index is 0.